The monoisotopic (exact) mass is 188 g/mol. The van der Waals surface area contributed by atoms with E-state index < -0.39 is 5.60 Å². The smallest absolute Gasteiger partial charge is 0.110 e. The molecule has 0 saturated heterocycles. The fraction of sp³-hybridized carbons (Fsp3) is 0.385. The van der Waals surface area contributed by atoms with Crippen molar-refractivity contribution in [3.05, 3.63) is 47.5 Å². The molecule has 2 rings (SSSR count). The number of aryl methyl sites for hydroxylation is 1. The highest BCUT2D eigenvalue weighted by Crippen LogP contribution is 2.39. The molecule has 0 heterocycles. The first-order valence-corrected chi connectivity index (χ1v) is 5.11. The summed E-state index contributed by atoms with van der Waals surface area (Å²) >= 11 is 0. The summed E-state index contributed by atoms with van der Waals surface area (Å²) in [6.07, 6.45) is 2.92. The molecule has 0 bridgehead atoms. The molecule has 1 unspecified atom stereocenters. The van der Waals surface area contributed by atoms with E-state index in [0.29, 0.717) is 0 Å². The summed E-state index contributed by atoms with van der Waals surface area (Å²) in [5.74, 6) is 0. The molecule has 0 spiro atoms. The van der Waals surface area contributed by atoms with Gasteiger partial charge in [-0.1, -0.05) is 30.8 Å². The van der Waals surface area contributed by atoms with E-state index in [4.69, 9.17) is 0 Å². The van der Waals surface area contributed by atoms with Crippen LogP contribution in [-0.2, 0) is 12.0 Å². The molecule has 1 aliphatic carbocycles. The maximum atomic E-state index is 10.5. The number of fused-ring (bicyclic) bond motifs is 1. The highest BCUT2D eigenvalue weighted by atomic mass is 16.3. The summed E-state index contributed by atoms with van der Waals surface area (Å²) < 4.78 is 0. The Labute approximate surface area is 85.1 Å². The van der Waals surface area contributed by atoms with Gasteiger partial charge >= 0.3 is 0 Å². The summed E-state index contributed by atoms with van der Waals surface area (Å²) in [6, 6.07) is 8.13. The normalized spacial score (nSPS) is 25.6. The van der Waals surface area contributed by atoms with Crippen LogP contribution in [0.5, 0.6) is 0 Å². The van der Waals surface area contributed by atoms with Gasteiger partial charge in [-0.15, -0.1) is 0 Å². The maximum absolute atomic E-state index is 10.5. The predicted octanol–water partition coefficient (Wildman–Crippen LogP) is 2.79. The van der Waals surface area contributed by atoms with Gasteiger partial charge in [-0.2, -0.15) is 0 Å². The molecule has 0 aromatic heterocycles. The molecule has 1 aromatic rings. The average molecular weight is 188 g/mol. The van der Waals surface area contributed by atoms with Gasteiger partial charge in [0.2, 0.25) is 0 Å². The zero-order valence-corrected chi connectivity index (χ0v) is 8.59. The molecule has 74 valence electrons. The quantitative estimate of drug-likeness (QED) is 0.672. The van der Waals surface area contributed by atoms with E-state index in [1.54, 1.807) is 0 Å². The van der Waals surface area contributed by atoms with E-state index in [0.717, 1.165) is 30.4 Å². The van der Waals surface area contributed by atoms with Crippen molar-refractivity contribution in [1.82, 2.24) is 0 Å². The van der Waals surface area contributed by atoms with Gasteiger partial charge < -0.3 is 5.11 Å². The molecule has 14 heavy (non-hydrogen) atoms. The second-order valence-electron chi connectivity index (χ2n) is 4.15. The van der Waals surface area contributed by atoms with E-state index in [1.807, 2.05) is 25.1 Å². The van der Waals surface area contributed by atoms with Crippen molar-refractivity contribution in [1.29, 1.82) is 0 Å². The Balaban J connectivity index is 2.55. The van der Waals surface area contributed by atoms with E-state index in [2.05, 4.69) is 12.6 Å². The third-order valence-corrected chi connectivity index (χ3v) is 3.15. The number of hydrogen-bond donors (Lipinski definition) is 1. The van der Waals surface area contributed by atoms with Gasteiger partial charge in [0.15, 0.2) is 0 Å². The van der Waals surface area contributed by atoms with E-state index in [-0.39, 0.29) is 0 Å². The average Bonchev–Trinajstić information content (AvgIpc) is 2.18. The van der Waals surface area contributed by atoms with Crippen LogP contribution >= 0.6 is 0 Å². The predicted molar refractivity (Wildman–Crippen MR) is 58.1 cm³/mol. The summed E-state index contributed by atoms with van der Waals surface area (Å²) in [7, 11) is 0. The molecule has 0 radical (unpaired) electrons. The number of rotatable bonds is 1. The highest BCUT2D eigenvalue weighted by Gasteiger charge is 2.34. The Kier molecular flexibility index (Phi) is 2.20. The van der Waals surface area contributed by atoms with Gasteiger partial charge in [-0.25, -0.2) is 0 Å². The number of benzene rings is 1. The zero-order chi connectivity index (χ0) is 10.2. The molecule has 1 aliphatic rings. The Bertz CT molecular complexity index is 367. The van der Waals surface area contributed by atoms with Crippen molar-refractivity contribution >= 4 is 0 Å². The van der Waals surface area contributed by atoms with Gasteiger partial charge in [0.05, 0.1) is 0 Å². The lowest BCUT2D eigenvalue weighted by Gasteiger charge is -2.35. The van der Waals surface area contributed by atoms with Crippen LogP contribution in [0.1, 0.15) is 30.9 Å². The summed E-state index contributed by atoms with van der Waals surface area (Å²) in [5.41, 5.74) is 2.39. The van der Waals surface area contributed by atoms with Crippen molar-refractivity contribution in [2.45, 2.75) is 31.8 Å². The third-order valence-electron chi connectivity index (χ3n) is 3.15. The molecule has 0 fully saturated rings. The van der Waals surface area contributed by atoms with Crippen molar-refractivity contribution in [2.24, 2.45) is 0 Å². The molecule has 1 heteroatoms. The maximum Gasteiger partial charge on any atom is 0.110 e. The molecular weight excluding hydrogens is 172 g/mol. The first kappa shape index (κ1) is 9.47. The SMILES string of the molecule is C=C(C)C1(O)CCCc2ccccc21. The Morgan fingerprint density at radius 2 is 2.14 bits per heavy atom. The van der Waals surface area contributed by atoms with Crippen molar-refractivity contribution in [3.8, 4) is 0 Å². The minimum atomic E-state index is -0.783. The first-order valence-electron chi connectivity index (χ1n) is 5.11. The minimum absolute atomic E-state index is 0.783. The molecule has 1 nitrogen and oxygen atoms in total. The van der Waals surface area contributed by atoms with E-state index >= 15 is 0 Å². The summed E-state index contributed by atoms with van der Waals surface area (Å²) in [6.45, 7) is 5.80. The molecule has 0 amide bonds. The standard InChI is InChI=1S/C13H16O/c1-10(2)13(14)9-5-7-11-6-3-4-8-12(11)13/h3-4,6,8,14H,1,5,7,9H2,2H3. The molecular formula is C13H16O. The number of hydrogen-bond acceptors (Lipinski definition) is 1. The summed E-state index contributed by atoms with van der Waals surface area (Å²) in [4.78, 5) is 0. The van der Waals surface area contributed by atoms with E-state index in [9.17, 15) is 5.11 Å². The molecule has 1 N–H and O–H groups in total. The fourth-order valence-corrected chi connectivity index (χ4v) is 2.25. The lowest BCUT2D eigenvalue weighted by atomic mass is 9.76. The van der Waals surface area contributed by atoms with Gasteiger partial charge in [-0.3, -0.25) is 0 Å². The largest absolute Gasteiger partial charge is 0.381 e. The van der Waals surface area contributed by atoms with Crippen LogP contribution in [-0.4, -0.2) is 5.11 Å². The Morgan fingerprint density at radius 1 is 1.43 bits per heavy atom. The van der Waals surface area contributed by atoms with Gasteiger partial charge in [0.25, 0.3) is 0 Å². The van der Waals surface area contributed by atoms with Gasteiger partial charge in [0.1, 0.15) is 5.60 Å². The van der Waals surface area contributed by atoms with Crippen LogP contribution in [0.2, 0.25) is 0 Å². The summed E-state index contributed by atoms with van der Waals surface area (Å²) in [5, 5.41) is 10.5. The van der Waals surface area contributed by atoms with Crippen LogP contribution in [0, 0.1) is 0 Å². The molecule has 1 atom stereocenters. The van der Waals surface area contributed by atoms with Crippen LogP contribution in [0.3, 0.4) is 0 Å². The lowest BCUT2D eigenvalue weighted by Crippen LogP contribution is -2.31. The van der Waals surface area contributed by atoms with Crippen LogP contribution in [0.25, 0.3) is 0 Å². The zero-order valence-electron chi connectivity index (χ0n) is 8.59. The Morgan fingerprint density at radius 3 is 2.86 bits per heavy atom. The van der Waals surface area contributed by atoms with Gasteiger partial charge in [-0.05, 0) is 42.9 Å². The van der Waals surface area contributed by atoms with Crippen molar-refractivity contribution in [2.75, 3.05) is 0 Å². The van der Waals surface area contributed by atoms with Crippen LogP contribution in [0.4, 0.5) is 0 Å². The molecule has 1 aromatic carbocycles. The second-order valence-corrected chi connectivity index (χ2v) is 4.15. The van der Waals surface area contributed by atoms with Gasteiger partial charge in [0, 0.05) is 0 Å². The highest BCUT2D eigenvalue weighted by molar-refractivity contribution is 5.39. The molecule has 0 saturated carbocycles. The van der Waals surface area contributed by atoms with Crippen LogP contribution < -0.4 is 0 Å². The third kappa shape index (κ3) is 1.28. The number of aliphatic hydroxyl groups is 1. The lowest BCUT2D eigenvalue weighted by molar-refractivity contribution is 0.0577. The minimum Gasteiger partial charge on any atom is -0.381 e. The van der Waals surface area contributed by atoms with E-state index in [1.165, 1.54) is 5.56 Å². The van der Waals surface area contributed by atoms with Crippen LogP contribution in [0.15, 0.2) is 36.4 Å². The van der Waals surface area contributed by atoms with Crippen molar-refractivity contribution in [3.63, 3.8) is 0 Å². The first-order chi connectivity index (χ1) is 6.64. The fourth-order valence-electron chi connectivity index (χ4n) is 2.25. The topological polar surface area (TPSA) is 20.2 Å². The second kappa shape index (κ2) is 3.25. The molecule has 0 aliphatic heterocycles. The van der Waals surface area contributed by atoms with Crippen molar-refractivity contribution < 1.29 is 5.11 Å². The Hall–Kier alpha value is -1.08.